The molecule has 1 saturated heterocycles. The number of piperidine rings is 1. The van der Waals surface area contributed by atoms with Crippen LogP contribution in [0.4, 0.5) is 4.79 Å². The topological polar surface area (TPSA) is 82.5 Å². The van der Waals surface area contributed by atoms with E-state index in [9.17, 15) is 14.7 Å². The number of nitrogens with zero attached hydrogens (tertiary/aromatic N) is 2. The van der Waals surface area contributed by atoms with Crippen molar-refractivity contribution in [3.8, 4) is 0 Å². The highest BCUT2D eigenvalue weighted by Crippen LogP contribution is 2.35. The normalized spacial score (nSPS) is 21.1. The van der Waals surface area contributed by atoms with Crippen LogP contribution in [-0.4, -0.2) is 39.6 Å². The van der Waals surface area contributed by atoms with E-state index in [0.29, 0.717) is 13.1 Å². The van der Waals surface area contributed by atoms with Gasteiger partial charge in [-0.3, -0.25) is 0 Å². The summed E-state index contributed by atoms with van der Waals surface area (Å²) in [5, 5.41) is 15.1. The minimum atomic E-state index is -0.945. The maximum Gasteiger partial charge on any atom is 0.327 e. The first-order valence-electron chi connectivity index (χ1n) is 6.99. The van der Waals surface area contributed by atoms with Gasteiger partial charge in [-0.15, -0.1) is 11.3 Å². The fraction of sp³-hybridized carbons (Fsp3) is 0.643. The lowest BCUT2D eigenvalue weighted by molar-refractivity contribution is -0.148. The molecule has 0 bridgehead atoms. The monoisotopic (exact) mass is 311 g/mol. The van der Waals surface area contributed by atoms with Crippen molar-refractivity contribution >= 4 is 23.3 Å². The quantitative estimate of drug-likeness (QED) is 0.897. The number of aryl methyl sites for hydroxylation is 1. The summed E-state index contributed by atoms with van der Waals surface area (Å²) in [7, 11) is 0. The summed E-state index contributed by atoms with van der Waals surface area (Å²) in [6.45, 7) is 6.50. The van der Waals surface area contributed by atoms with Crippen molar-refractivity contribution in [1.82, 2.24) is 15.2 Å². The number of aliphatic carboxylic acids is 1. The van der Waals surface area contributed by atoms with E-state index < -0.39 is 17.4 Å². The maximum atomic E-state index is 12.3. The molecular weight excluding hydrogens is 290 g/mol. The number of thiazole rings is 1. The zero-order chi connectivity index (χ0) is 15.6. The van der Waals surface area contributed by atoms with Crippen molar-refractivity contribution in [1.29, 1.82) is 0 Å². The molecule has 2 N–H and O–H groups in total. The van der Waals surface area contributed by atoms with Gasteiger partial charge in [0.25, 0.3) is 0 Å². The molecule has 2 rings (SSSR count). The summed E-state index contributed by atoms with van der Waals surface area (Å²) in [5.74, 6) is -0.945. The summed E-state index contributed by atoms with van der Waals surface area (Å²) < 4.78 is 0. The summed E-state index contributed by atoms with van der Waals surface area (Å²) in [6.07, 6.45) is 1.62. The molecule has 6 nitrogen and oxygen atoms in total. The summed E-state index contributed by atoms with van der Waals surface area (Å²) in [5.41, 5.74) is 0.382. The van der Waals surface area contributed by atoms with Crippen LogP contribution in [0.2, 0.25) is 0 Å². The molecule has 0 aromatic carbocycles. The standard InChI is InChI=1S/C14H21N3O3S/c1-9-16-10(8-21-9)7-15-13(20)17-6-4-5-14(2,3)11(17)12(18)19/h8,11H,4-7H2,1-3H3,(H,15,20)(H,18,19). The van der Waals surface area contributed by atoms with Gasteiger partial charge in [0.05, 0.1) is 17.2 Å². The zero-order valence-electron chi connectivity index (χ0n) is 12.5. The molecule has 1 atom stereocenters. The number of likely N-dealkylation sites (tertiary alicyclic amines) is 1. The number of carboxylic acids is 1. The third-order valence-corrected chi connectivity index (χ3v) is 4.68. The Balaban J connectivity index is 2.04. The van der Waals surface area contributed by atoms with Crippen LogP contribution in [-0.2, 0) is 11.3 Å². The molecule has 2 amide bonds. The smallest absolute Gasteiger partial charge is 0.327 e. The van der Waals surface area contributed by atoms with Crippen molar-refractivity contribution in [3.05, 3.63) is 16.1 Å². The van der Waals surface area contributed by atoms with E-state index >= 15 is 0 Å². The molecule has 21 heavy (non-hydrogen) atoms. The third kappa shape index (κ3) is 3.53. The number of nitrogens with one attached hydrogen (secondary N) is 1. The van der Waals surface area contributed by atoms with Crippen LogP contribution in [0.5, 0.6) is 0 Å². The van der Waals surface area contributed by atoms with Crippen LogP contribution in [0.15, 0.2) is 5.38 Å². The molecule has 2 heterocycles. The number of rotatable bonds is 3. The van der Waals surface area contributed by atoms with Crippen molar-refractivity contribution in [2.24, 2.45) is 5.41 Å². The first-order chi connectivity index (χ1) is 9.81. The van der Waals surface area contributed by atoms with Crippen molar-refractivity contribution in [2.75, 3.05) is 6.54 Å². The van der Waals surface area contributed by atoms with Gasteiger partial charge in [0, 0.05) is 11.9 Å². The second-order valence-electron chi connectivity index (χ2n) is 6.04. The van der Waals surface area contributed by atoms with Gasteiger partial charge in [-0.05, 0) is 25.2 Å². The number of carbonyl (C=O) groups is 2. The van der Waals surface area contributed by atoms with Gasteiger partial charge < -0.3 is 15.3 Å². The van der Waals surface area contributed by atoms with E-state index in [1.807, 2.05) is 26.2 Å². The van der Waals surface area contributed by atoms with Crippen LogP contribution in [0, 0.1) is 12.3 Å². The second-order valence-corrected chi connectivity index (χ2v) is 7.11. The van der Waals surface area contributed by atoms with E-state index in [0.717, 1.165) is 23.5 Å². The summed E-state index contributed by atoms with van der Waals surface area (Å²) >= 11 is 1.53. The van der Waals surface area contributed by atoms with E-state index in [1.165, 1.54) is 16.2 Å². The largest absolute Gasteiger partial charge is 0.480 e. The first-order valence-corrected chi connectivity index (χ1v) is 7.87. The van der Waals surface area contributed by atoms with E-state index in [4.69, 9.17) is 0 Å². The Bertz CT molecular complexity index is 541. The molecule has 1 aromatic rings. The molecule has 1 fully saturated rings. The Morgan fingerprint density at radius 1 is 1.57 bits per heavy atom. The lowest BCUT2D eigenvalue weighted by Gasteiger charge is -2.43. The Kier molecular flexibility index (Phi) is 4.51. The van der Waals surface area contributed by atoms with Gasteiger partial charge in [0.15, 0.2) is 0 Å². The highest BCUT2D eigenvalue weighted by molar-refractivity contribution is 7.09. The van der Waals surface area contributed by atoms with E-state index in [2.05, 4.69) is 10.3 Å². The molecule has 1 aliphatic rings. The minimum absolute atomic E-state index is 0.326. The Labute approximate surface area is 128 Å². The Morgan fingerprint density at radius 3 is 2.86 bits per heavy atom. The molecule has 1 aliphatic heterocycles. The summed E-state index contributed by atoms with van der Waals surface area (Å²) in [6, 6.07) is -1.12. The van der Waals surface area contributed by atoms with Crippen molar-refractivity contribution < 1.29 is 14.7 Å². The molecule has 116 valence electrons. The number of hydrogen-bond acceptors (Lipinski definition) is 4. The number of hydrogen-bond donors (Lipinski definition) is 2. The highest BCUT2D eigenvalue weighted by atomic mass is 32.1. The Hall–Kier alpha value is -1.63. The van der Waals surface area contributed by atoms with Crippen LogP contribution < -0.4 is 5.32 Å². The predicted octanol–water partition coefficient (Wildman–Crippen LogP) is 2.24. The number of amides is 2. The lowest BCUT2D eigenvalue weighted by Crippen LogP contribution is -2.58. The second kappa shape index (κ2) is 6.01. The van der Waals surface area contributed by atoms with Gasteiger partial charge in [-0.25, -0.2) is 14.6 Å². The number of aromatic nitrogens is 1. The van der Waals surface area contributed by atoms with E-state index in [1.54, 1.807) is 0 Å². The van der Waals surface area contributed by atoms with Crippen molar-refractivity contribution in [3.63, 3.8) is 0 Å². The fourth-order valence-corrected chi connectivity index (χ4v) is 3.45. The summed E-state index contributed by atoms with van der Waals surface area (Å²) in [4.78, 5) is 29.6. The van der Waals surface area contributed by atoms with Crippen LogP contribution in [0.3, 0.4) is 0 Å². The molecular formula is C14H21N3O3S. The van der Waals surface area contributed by atoms with Gasteiger partial charge in [0.2, 0.25) is 0 Å². The average Bonchev–Trinajstić information content (AvgIpc) is 2.79. The minimum Gasteiger partial charge on any atom is -0.480 e. The molecule has 1 aromatic heterocycles. The molecule has 0 aliphatic carbocycles. The first kappa shape index (κ1) is 15.8. The molecule has 7 heteroatoms. The molecule has 0 saturated carbocycles. The van der Waals surface area contributed by atoms with Crippen LogP contribution in [0.25, 0.3) is 0 Å². The number of carboxylic acid groups (broad SMARTS) is 1. The number of urea groups is 1. The average molecular weight is 311 g/mol. The van der Waals surface area contributed by atoms with Crippen LogP contribution >= 0.6 is 11.3 Å². The Morgan fingerprint density at radius 2 is 2.29 bits per heavy atom. The molecule has 0 spiro atoms. The molecule has 0 radical (unpaired) electrons. The lowest BCUT2D eigenvalue weighted by atomic mass is 9.76. The third-order valence-electron chi connectivity index (χ3n) is 3.85. The zero-order valence-corrected chi connectivity index (χ0v) is 13.4. The van der Waals surface area contributed by atoms with Gasteiger partial charge in [0.1, 0.15) is 6.04 Å². The van der Waals surface area contributed by atoms with E-state index in [-0.39, 0.29) is 6.03 Å². The van der Waals surface area contributed by atoms with Gasteiger partial charge in [-0.2, -0.15) is 0 Å². The van der Waals surface area contributed by atoms with Crippen LogP contribution in [0.1, 0.15) is 37.4 Å². The maximum absolute atomic E-state index is 12.3. The molecule has 1 unspecified atom stereocenters. The van der Waals surface area contributed by atoms with Crippen molar-refractivity contribution in [2.45, 2.75) is 46.2 Å². The van der Waals surface area contributed by atoms with Gasteiger partial charge >= 0.3 is 12.0 Å². The predicted molar refractivity (Wildman–Crippen MR) is 80.2 cm³/mol. The number of carbonyl (C=O) groups excluding carboxylic acids is 1. The fourth-order valence-electron chi connectivity index (χ4n) is 2.84. The van der Waals surface area contributed by atoms with Gasteiger partial charge in [-0.1, -0.05) is 13.8 Å². The SMILES string of the molecule is Cc1nc(CNC(=O)N2CCCC(C)(C)C2C(=O)O)cs1. The highest BCUT2D eigenvalue weighted by Gasteiger charge is 2.44.